The third-order valence-corrected chi connectivity index (χ3v) is 9.69. The molecule has 0 bridgehead atoms. The molecule has 3 atom stereocenters. The third kappa shape index (κ3) is 3.46. The Kier molecular flexibility index (Phi) is 5.92. The molecule has 1 saturated heterocycles. The van der Waals surface area contributed by atoms with Crippen LogP contribution in [0.25, 0.3) is 6.08 Å². The zero-order valence-corrected chi connectivity index (χ0v) is 23.7. The van der Waals surface area contributed by atoms with Crippen LogP contribution in [0.4, 0.5) is 5.69 Å². The van der Waals surface area contributed by atoms with Gasteiger partial charge in [-0.25, -0.2) is 0 Å². The van der Waals surface area contributed by atoms with Crippen LogP contribution in [0, 0.1) is 5.41 Å². The zero-order valence-electron chi connectivity index (χ0n) is 22.2. The maximum atomic E-state index is 14.8. The van der Waals surface area contributed by atoms with Gasteiger partial charge >= 0.3 is 0 Å². The second-order valence-corrected chi connectivity index (χ2v) is 11.7. The van der Waals surface area contributed by atoms with Crippen molar-refractivity contribution in [1.82, 2.24) is 0 Å². The van der Waals surface area contributed by atoms with Crippen LogP contribution in [0.5, 0.6) is 11.5 Å². The highest BCUT2D eigenvalue weighted by molar-refractivity contribution is 7.12. The number of Topliss-reactive ketones (excluding diaryl/α,β-unsaturated/α-hetero) is 3. The number of anilines is 1. The fourth-order valence-electron chi connectivity index (χ4n) is 6.94. The van der Waals surface area contributed by atoms with Gasteiger partial charge in [-0.2, -0.15) is 0 Å². The Morgan fingerprint density at radius 3 is 2.34 bits per heavy atom. The molecule has 1 fully saturated rings. The highest BCUT2D eigenvalue weighted by Gasteiger charge is 2.72. The highest BCUT2D eigenvalue weighted by Crippen LogP contribution is 2.62. The quantitative estimate of drug-likeness (QED) is 0.192. The summed E-state index contributed by atoms with van der Waals surface area (Å²) in [6, 6.07) is 19.6. The van der Waals surface area contributed by atoms with Crippen LogP contribution in [0.2, 0.25) is 5.02 Å². The first-order valence-corrected chi connectivity index (χ1v) is 14.4. The second kappa shape index (κ2) is 9.43. The molecule has 8 heteroatoms. The predicted octanol–water partition coefficient (Wildman–Crippen LogP) is 6.74. The van der Waals surface area contributed by atoms with Gasteiger partial charge in [0.25, 0.3) is 0 Å². The van der Waals surface area contributed by atoms with E-state index in [4.69, 9.17) is 21.1 Å². The summed E-state index contributed by atoms with van der Waals surface area (Å²) in [5, 5.41) is 2.40. The summed E-state index contributed by atoms with van der Waals surface area (Å²) in [5.41, 5.74) is 1.20. The third-order valence-electron chi connectivity index (χ3n) is 8.57. The minimum absolute atomic E-state index is 0.176. The van der Waals surface area contributed by atoms with Crippen molar-refractivity contribution in [3.63, 3.8) is 0 Å². The molecular weight excluding hydrogens is 558 g/mol. The molecule has 1 aromatic heterocycles. The number of hydrogen-bond acceptors (Lipinski definition) is 7. The summed E-state index contributed by atoms with van der Waals surface area (Å²) in [7, 11) is 3.10. The van der Waals surface area contributed by atoms with E-state index in [0.717, 1.165) is 11.3 Å². The fraction of sp³-hybridized carbons (Fsp3) is 0.182. The molecular formula is C33H24ClNO5S. The van der Waals surface area contributed by atoms with E-state index < -0.39 is 23.4 Å². The molecule has 1 aliphatic carbocycles. The summed E-state index contributed by atoms with van der Waals surface area (Å²) in [6.45, 7) is 0. The Hall–Kier alpha value is -4.20. The Balaban J connectivity index is 1.59. The van der Waals surface area contributed by atoms with Gasteiger partial charge in [0.05, 0.1) is 25.1 Å². The lowest BCUT2D eigenvalue weighted by Crippen LogP contribution is -2.48. The molecule has 3 aliphatic rings. The summed E-state index contributed by atoms with van der Waals surface area (Å²) < 4.78 is 11.4. The van der Waals surface area contributed by atoms with Crippen LogP contribution in [-0.2, 0) is 0 Å². The van der Waals surface area contributed by atoms with Crippen LogP contribution in [0.3, 0.4) is 0 Å². The van der Waals surface area contributed by atoms with Crippen molar-refractivity contribution in [3.05, 3.63) is 116 Å². The van der Waals surface area contributed by atoms with Gasteiger partial charge in [-0.15, -0.1) is 11.3 Å². The maximum Gasteiger partial charge on any atom is 0.195 e. The van der Waals surface area contributed by atoms with E-state index in [1.807, 2.05) is 40.6 Å². The van der Waals surface area contributed by atoms with E-state index in [2.05, 4.69) is 0 Å². The van der Waals surface area contributed by atoms with Gasteiger partial charge in [-0.3, -0.25) is 14.4 Å². The molecule has 4 aromatic rings. The molecule has 0 radical (unpaired) electrons. The first-order valence-electron chi connectivity index (χ1n) is 13.2. The van der Waals surface area contributed by atoms with Gasteiger partial charge in [-0.05, 0) is 53.4 Å². The normalized spacial score (nSPS) is 21.5. The van der Waals surface area contributed by atoms with Gasteiger partial charge in [0.2, 0.25) is 0 Å². The average Bonchev–Trinajstić information content (AvgIpc) is 3.70. The van der Waals surface area contributed by atoms with Gasteiger partial charge in [-0.1, -0.05) is 54.1 Å². The lowest BCUT2D eigenvalue weighted by Gasteiger charge is -2.37. The van der Waals surface area contributed by atoms with Crippen LogP contribution in [0.15, 0.2) is 84.3 Å². The number of methoxy groups -OCH3 is 2. The number of carbonyl (C=O) groups excluding carboxylic acids is 3. The number of carbonyl (C=O) groups is 3. The number of halogens is 1. The van der Waals surface area contributed by atoms with E-state index in [0.29, 0.717) is 38.1 Å². The molecule has 6 nitrogen and oxygen atoms in total. The Labute approximate surface area is 245 Å². The summed E-state index contributed by atoms with van der Waals surface area (Å²) >= 11 is 7.70. The molecule has 3 aromatic carbocycles. The zero-order chi connectivity index (χ0) is 28.5. The number of rotatable bonds is 5. The second-order valence-electron chi connectivity index (χ2n) is 10.4. The van der Waals surface area contributed by atoms with Crippen molar-refractivity contribution in [2.75, 3.05) is 19.1 Å². The van der Waals surface area contributed by atoms with E-state index >= 15 is 0 Å². The molecule has 204 valence electrons. The predicted molar refractivity (Wildman–Crippen MR) is 159 cm³/mol. The SMILES string of the molecule is COc1ccc(OC)c([C@@H]2[C@H](C(=O)c3cccs3)N3c4ccc(Cl)cc4C=C[C@H]3C23C(=O)c2ccccc2C3=O)c1. The minimum Gasteiger partial charge on any atom is -0.497 e. The van der Waals surface area contributed by atoms with Crippen LogP contribution < -0.4 is 14.4 Å². The van der Waals surface area contributed by atoms with Crippen molar-refractivity contribution in [2.24, 2.45) is 5.41 Å². The van der Waals surface area contributed by atoms with Crippen LogP contribution >= 0.6 is 22.9 Å². The molecule has 7 rings (SSSR count). The molecule has 1 spiro atoms. The lowest BCUT2D eigenvalue weighted by atomic mass is 9.64. The van der Waals surface area contributed by atoms with Gasteiger partial charge in [0.1, 0.15) is 23.0 Å². The van der Waals surface area contributed by atoms with Crippen molar-refractivity contribution < 1.29 is 23.9 Å². The Morgan fingerprint density at radius 2 is 1.68 bits per heavy atom. The number of ketones is 3. The molecule has 41 heavy (non-hydrogen) atoms. The van der Waals surface area contributed by atoms with Crippen molar-refractivity contribution >= 4 is 52.1 Å². The monoisotopic (exact) mass is 581 g/mol. The van der Waals surface area contributed by atoms with Gasteiger partial charge in [0.15, 0.2) is 17.3 Å². The lowest BCUT2D eigenvalue weighted by molar-refractivity contribution is 0.0664. The van der Waals surface area contributed by atoms with Crippen molar-refractivity contribution in [1.29, 1.82) is 0 Å². The van der Waals surface area contributed by atoms with Gasteiger partial charge in [0, 0.05) is 33.3 Å². The number of benzene rings is 3. The largest absolute Gasteiger partial charge is 0.497 e. The Morgan fingerprint density at radius 1 is 0.927 bits per heavy atom. The first kappa shape index (κ1) is 25.7. The number of fused-ring (bicyclic) bond motifs is 5. The van der Waals surface area contributed by atoms with Crippen molar-refractivity contribution in [3.8, 4) is 11.5 Å². The van der Waals surface area contributed by atoms with Crippen LogP contribution in [-0.4, -0.2) is 43.7 Å². The minimum atomic E-state index is -1.63. The molecule has 0 amide bonds. The average molecular weight is 582 g/mol. The summed E-state index contributed by atoms with van der Waals surface area (Å²) in [6.07, 6.45) is 3.77. The Bertz CT molecular complexity index is 1740. The van der Waals surface area contributed by atoms with Gasteiger partial charge < -0.3 is 14.4 Å². The molecule has 0 N–H and O–H groups in total. The molecule has 0 saturated carbocycles. The van der Waals surface area contributed by atoms with Crippen LogP contribution in [0.1, 0.15) is 47.4 Å². The number of hydrogen-bond donors (Lipinski definition) is 0. The number of nitrogens with zero attached hydrogens (tertiary/aromatic N) is 1. The first-order chi connectivity index (χ1) is 19.9. The molecule has 3 heterocycles. The maximum absolute atomic E-state index is 14.8. The number of thiophene rings is 1. The van der Waals surface area contributed by atoms with E-state index in [9.17, 15) is 14.4 Å². The molecule has 0 unspecified atom stereocenters. The smallest absolute Gasteiger partial charge is 0.195 e. The van der Waals surface area contributed by atoms with E-state index in [-0.39, 0.29) is 17.3 Å². The van der Waals surface area contributed by atoms with E-state index in [1.165, 1.54) is 11.3 Å². The molecule has 2 aliphatic heterocycles. The van der Waals surface area contributed by atoms with E-state index in [1.54, 1.807) is 68.8 Å². The fourth-order valence-corrected chi connectivity index (χ4v) is 7.82. The summed E-state index contributed by atoms with van der Waals surface area (Å²) in [4.78, 5) is 46.6. The summed E-state index contributed by atoms with van der Waals surface area (Å²) in [5.74, 6) is -0.675. The van der Waals surface area contributed by atoms with Crippen molar-refractivity contribution in [2.45, 2.75) is 18.0 Å². The topological polar surface area (TPSA) is 72.9 Å². The standard InChI is InChI=1S/C33H24ClNO5S/c1-39-20-11-13-25(40-2)23(17-20)28-29(30(36)26-8-5-15-41-26)35-24-12-10-19(34)16-18(24)9-14-27(35)33(28)31(37)21-6-3-4-7-22(21)32(33)38/h3-17,27-29H,1-2H3/t27-,28+,29+/m0/s1. The number of ether oxygens (including phenoxy) is 2. The highest BCUT2D eigenvalue weighted by atomic mass is 35.5.